The van der Waals surface area contributed by atoms with Crippen molar-refractivity contribution in [2.45, 2.75) is 6.42 Å². The highest BCUT2D eigenvalue weighted by Crippen LogP contribution is 2.27. The third-order valence-corrected chi connectivity index (χ3v) is 5.25. The van der Waals surface area contributed by atoms with Crippen LogP contribution < -0.4 is 14.9 Å². The Balaban J connectivity index is 1.51. The molecular weight excluding hydrogens is 352 g/mol. The van der Waals surface area contributed by atoms with Gasteiger partial charge in [-0.2, -0.15) is 5.10 Å². The van der Waals surface area contributed by atoms with Gasteiger partial charge in [0.25, 0.3) is 0 Å². The summed E-state index contributed by atoms with van der Waals surface area (Å²) in [5.74, 6) is 2.29. The quantitative estimate of drug-likeness (QED) is 0.730. The summed E-state index contributed by atoms with van der Waals surface area (Å²) in [5.41, 5.74) is 4.98. The van der Waals surface area contributed by atoms with Crippen LogP contribution in [0.5, 0.6) is 11.5 Å². The monoisotopic (exact) mass is 378 g/mol. The lowest BCUT2D eigenvalue weighted by Gasteiger charge is -2.26. The molecule has 1 aromatic rings. The minimum Gasteiger partial charge on any atom is -0.497 e. The van der Waals surface area contributed by atoms with Crippen LogP contribution >= 0.6 is 11.8 Å². The summed E-state index contributed by atoms with van der Waals surface area (Å²) in [6.45, 7) is 5.63. The van der Waals surface area contributed by atoms with Crippen molar-refractivity contribution in [3.63, 3.8) is 0 Å². The van der Waals surface area contributed by atoms with Crippen LogP contribution in [0.25, 0.3) is 0 Å². The number of nitrogens with zero attached hydrogens (tertiary/aromatic N) is 3. The molecule has 0 spiro atoms. The molecule has 7 nitrogen and oxygen atoms in total. The van der Waals surface area contributed by atoms with Crippen LogP contribution in [0.4, 0.5) is 0 Å². The molecule has 0 bridgehead atoms. The summed E-state index contributed by atoms with van der Waals surface area (Å²) in [4.78, 5) is 7.05. The highest BCUT2D eigenvalue weighted by molar-refractivity contribution is 8.14. The van der Waals surface area contributed by atoms with Gasteiger partial charge < -0.3 is 14.2 Å². The molecule has 1 saturated heterocycles. The SMILES string of the molecule is COc1ccc(C2=NNC(=NCCCN3CCOCC3)SC2)c(OC)c1. The lowest BCUT2D eigenvalue weighted by Crippen LogP contribution is -2.37. The predicted octanol–water partition coefficient (Wildman–Crippen LogP) is 1.82. The molecule has 0 radical (unpaired) electrons. The first-order valence-corrected chi connectivity index (χ1v) is 9.81. The number of methoxy groups -OCH3 is 2. The van der Waals surface area contributed by atoms with Crippen molar-refractivity contribution in [2.75, 3.05) is 59.4 Å². The van der Waals surface area contributed by atoms with Gasteiger partial charge in [0.1, 0.15) is 11.5 Å². The maximum atomic E-state index is 5.46. The normalized spacial score (nSPS) is 19.8. The van der Waals surface area contributed by atoms with Gasteiger partial charge in [-0.05, 0) is 18.6 Å². The second-order valence-electron chi connectivity index (χ2n) is 6.02. The summed E-state index contributed by atoms with van der Waals surface area (Å²) in [6.07, 6.45) is 1.05. The van der Waals surface area contributed by atoms with E-state index in [-0.39, 0.29) is 0 Å². The third-order valence-electron chi connectivity index (χ3n) is 4.34. The van der Waals surface area contributed by atoms with E-state index in [2.05, 4.69) is 20.4 Å². The van der Waals surface area contributed by atoms with E-state index in [1.54, 1.807) is 26.0 Å². The largest absolute Gasteiger partial charge is 0.497 e. The molecule has 1 fully saturated rings. The average Bonchev–Trinajstić information content (AvgIpc) is 2.72. The van der Waals surface area contributed by atoms with Crippen molar-refractivity contribution < 1.29 is 14.2 Å². The fourth-order valence-corrected chi connectivity index (χ4v) is 3.66. The number of hydrogen-bond donors (Lipinski definition) is 1. The molecule has 142 valence electrons. The maximum absolute atomic E-state index is 5.46. The van der Waals surface area contributed by atoms with Crippen LogP contribution in [0.1, 0.15) is 12.0 Å². The zero-order chi connectivity index (χ0) is 18.2. The standard InChI is InChI=1S/C18H26N4O3S/c1-23-14-4-5-15(17(12-14)24-2)16-13-26-18(21-20-16)19-6-3-7-22-8-10-25-11-9-22/h4-5,12H,3,6-11,13H2,1-2H3,(H,19,21). The number of morpholine rings is 1. The van der Waals surface area contributed by atoms with Crippen molar-refractivity contribution in [3.05, 3.63) is 23.8 Å². The van der Waals surface area contributed by atoms with Crippen molar-refractivity contribution in [1.29, 1.82) is 0 Å². The molecule has 1 aromatic carbocycles. The number of hydrazone groups is 1. The van der Waals surface area contributed by atoms with E-state index < -0.39 is 0 Å². The first kappa shape index (κ1) is 19.0. The summed E-state index contributed by atoms with van der Waals surface area (Å²) < 4.78 is 16.1. The van der Waals surface area contributed by atoms with Gasteiger partial charge in [0.2, 0.25) is 0 Å². The van der Waals surface area contributed by atoms with Crippen LogP contribution in [0.3, 0.4) is 0 Å². The van der Waals surface area contributed by atoms with Gasteiger partial charge in [-0.15, -0.1) is 0 Å². The van der Waals surface area contributed by atoms with Crippen LogP contribution in [-0.2, 0) is 4.74 Å². The van der Waals surface area contributed by atoms with Crippen LogP contribution in [0.2, 0.25) is 0 Å². The first-order valence-electron chi connectivity index (χ1n) is 8.82. The lowest BCUT2D eigenvalue weighted by molar-refractivity contribution is 0.0377. The second kappa shape index (κ2) is 9.80. The Kier molecular flexibility index (Phi) is 7.16. The zero-order valence-corrected chi connectivity index (χ0v) is 16.2. The summed E-state index contributed by atoms with van der Waals surface area (Å²) >= 11 is 1.67. The molecule has 2 aliphatic heterocycles. The molecule has 1 N–H and O–H groups in total. The smallest absolute Gasteiger partial charge is 0.177 e. The van der Waals surface area contributed by atoms with Gasteiger partial charge >= 0.3 is 0 Å². The minimum atomic E-state index is 0.761. The number of thioether (sulfide) groups is 1. The van der Waals surface area contributed by atoms with Gasteiger partial charge in [0.15, 0.2) is 5.17 Å². The number of nitrogens with one attached hydrogen (secondary N) is 1. The predicted molar refractivity (Wildman–Crippen MR) is 106 cm³/mol. The number of aliphatic imine (C=N–C) groups is 1. The minimum absolute atomic E-state index is 0.761. The fourth-order valence-electron chi connectivity index (χ4n) is 2.87. The molecule has 0 amide bonds. The molecule has 0 saturated carbocycles. The van der Waals surface area contributed by atoms with E-state index in [0.717, 1.165) is 79.5 Å². The molecule has 3 rings (SSSR count). The number of rotatable bonds is 7. The van der Waals surface area contributed by atoms with E-state index in [1.165, 1.54) is 0 Å². The highest BCUT2D eigenvalue weighted by atomic mass is 32.2. The Morgan fingerprint density at radius 1 is 1.27 bits per heavy atom. The number of benzene rings is 1. The van der Waals surface area contributed by atoms with E-state index in [9.17, 15) is 0 Å². The first-order chi connectivity index (χ1) is 12.8. The Hall–Kier alpha value is -1.77. The summed E-state index contributed by atoms with van der Waals surface area (Å²) in [7, 11) is 3.30. The van der Waals surface area contributed by atoms with E-state index in [4.69, 9.17) is 14.2 Å². The molecule has 0 atom stereocenters. The molecule has 26 heavy (non-hydrogen) atoms. The van der Waals surface area contributed by atoms with E-state index in [1.807, 2.05) is 18.2 Å². The Morgan fingerprint density at radius 3 is 2.81 bits per heavy atom. The zero-order valence-electron chi connectivity index (χ0n) is 15.4. The highest BCUT2D eigenvalue weighted by Gasteiger charge is 2.17. The number of amidine groups is 1. The topological polar surface area (TPSA) is 67.7 Å². The summed E-state index contributed by atoms with van der Waals surface area (Å²) in [6, 6.07) is 5.77. The fraction of sp³-hybridized carbons (Fsp3) is 0.556. The summed E-state index contributed by atoms with van der Waals surface area (Å²) in [5, 5.41) is 5.36. The average molecular weight is 378 g/mol. The number of hydrogen-bond acceptors (Lipinski definition) is 7. The van der Waals surface area contributed by atoms with Gasteiger partial charge in [-0.25, -0.2) is 0 Å². The third kappa shape index (κ3) is 5.12. The molecule has 0 aliphatic carbocycles. The van der Waals surface area contributed by atoms with Gasteiger partial charge in [-0.3, -0.25) is 15.3 Å². The molecular formula is C18H26N4O3S. The van der Waals surface area contributed by atoms with Gasteiger partial charge in [-0.1, -0.05) is 11.8 Å². The molecule has 2 aliphatic rings. The van der Waals surface area contributed by atoms with E-state index in [0.29, 0.717) is 0 Å². The van der Waals surface area contributed by atoms with Gasteiger partial charge in [0, 0.05) is 43.6 Å². The maximum Gasteiger partial charge on any atom is 0.177 e. The van der Waals surface area contributed by atoms with Crippen molar-refractivity contribution >= 4 is 22.6 Å². The molecule has 0 unspecified atom stereocenters. The number of ether oxygens (including phenoxy) is 3. The van der Waals surface area contributed by atoms with Crippen LogP contribution in [0, 0.1) is 0 Å². The Labute approximate surface area is 158 Å². The van der Waals surface area contributed by atoms with Crippen molar-refractivity contribution in [2.24, 2.45) is 10.1 Å². The molecule has 2 heterocycles. The van der Waals surface area contributed by atoms with Gasteiger partial charge in [0.05, 0.1) is 33.1 Å². The van der Waals surface area contributed by atoms with Crippen LogP contribution in [-0.4, -0.2) is 75.1 Å². The second-order valence-corrected chi connectivity index (χ2v) is 6.98. The van der Waals surface area contributed by atoms with Crippen LogP contribution in [0.15, 0.2) is 28.3 Å². The lowest BCUT2D eigenvalue weighted by atomic mass is 10.1. The van der Waals surface area contributed by atoms with Crippen molar-refractivity contribution in [1.82, 2.24) is 10.3 Å². The Bertz CT molecular complexity index is 660. The molecule has 8 heteroatoms. The molecule has 0 aromatic heterocycles. The van der Waals surface area contributed by atoms with Crippen molar-refractivity contribution in [3.8, 4) is 11.5 Å². The van der Waals surface area contributed by atoms with E-state index >= 15 is 0 Å². The Morgan fingerprint density at radius 2 is 2.12 bits per heavy atom.